The van der Waals surface area contributed by atoms with Gasteiger partial charge in [0.25, 0.3) is 0 Å². The van der Waals surface area contributed by atoms with Crippen molar-refractivity contribution in [3.8, 4) is 0 Å². The van der Waals surface area contributed by atoms with Crippen LogP contribution in [0.25, 0.3) is 10.9 Å². The Bertz CT molecular complexity index is 1620. The molecule has 1 aliphatic heterocycles. The van der Waals surface area contributed by atoms with Gasteiger partial charge in [-0.2, -0.15) is 0 Å². The maximum Gasteiger partial charge on any atom is 0.247 e. The number of sulfonamides is 1. The molecule has 0 radical (unpaired) electrons. The zero-order valence-corrected chi connectivity index (χ0v) is 22.5. The predicted molar refractivity (Wildman–Crippen MR) is 153 cm³/mol. The molecule has 1 fully saturated rings. The molecule has 2 atom stereocenters. The lowest BCUT2D eigenvalue weighted by atomic mass is 10.0. The summed E-state index contributed by atoms with van der Waals surface area (Å²) in [6.07, 6.45) is 2.61. The van der Waals surface area contributed by atoms with E-state index in [1.54, 1.807) is 42.5 Å². The number of amides is 2. The van der Waals surface area contributed by atoms with Crippen molar-refractivity contribution in [1.82, 2.24) is 19.6 Å². The normalized spacial score (nSPS) is 16.1. The molecule has 0 saturated carbocycles. The quantitative estimate of drug-likeness (QED) is 0.286. The van der Waals surface area contributed by atoms with Gasteiger partial charge >= 0.3 is 0 Å². The summed E-state index contributed by atoms with van der Waals surface area (Å²) in [4.78, 5) is 36.8. The standard InChI is InChI=1S/C29H30N6O4S/c30-27-23-17-22(13-14-24(23)31-19-32-27)33-28(36)26-12-7-15-35(26)29(37)25(16-20-8-3-1-4-9-20)34-40(38,39)18-21-10-5-2-6-11-21/h1-6,8-11,13-14,17,19,25-26,34H,7,12,15-16,18H2,(H,33,36)(H2,30,31,32)/t25-,26+/m1/s1. The summed E-state index contributed by atoms with van der Waals surface area (Å²) >= 11 is 0. The summed E-state index contributed by atoms with van der Waals surface area (Å²) in [7, 11) is -3.86. The van der Waals surface area contributed by atoms with Gasteiger partial charge in [-0.25, -0.2) is 23.1 Å². The number of aromatic nitrogens is 2. The Labute approximate surface area is 232 Å². The van der Waals surface area contributed by atoms with Gasteiger partial charge in [0.15, 0.2) is 0 Å². The van der Waals surface area contributed by atoms with E-state index in [1.165, 1.54) is 11.2 Å². The first kappa shape index (κ1) is 27.2. The number of anilines is 2. The molecule has 10 nitrogen and oxygen atoms in total. The molecule has 40 heavy (non-hydrogen) atoms. The van der Waals surface area contributed by atoms with Crippen LogP contribution in [-0.2, 0) is 31.8 Å². The van der Waals surface area contributed by atoms with Crippen molar-refractivity contribution in [2.24, 2.45) is 0 Å². The van der Waals surface area contributed by atoms with Crippen LogP contribution in [-0.4, -0.2) is 53.7 Å². The van der Waals surface area contributed by atoms with E-state index in [2.05, 4.69) is 20.0 Å². The van der Waals surface area contributed by atoms with Gasteiger partial charge in [-0.05, 0) is 48.6 Å². The fourth-order valence-corrected chi connectivity index (χ4v) is 6.30. The van der Waals surface area contributed by atoms with Crippen molar-refractivity contribution in [3.63, 3.8) is 0 Å². The molecule has 0 bridgehead atoms. The van der Waals surface area contributed by atoms with Gasteiger partial charge < -0.3 is 16.0 Å². The lowest BCUT2D eigenvalue weighted by Gasteiger charge is -2.29. The molecule has 0 unspecified atom stereocenters. The average Bonchev–Trinajstić information content (AvgIpc) is 3.44. The number of hydrogen-bond acceptors (Lipinski definition) is 7. The second-order valence-electron chi connectivity index (χ2n) is 9.77. The van der Waals surface area contributed by atoms with Crippen LogP contribution < -0.4 is 15.8 Å². The molecular formula is C29H30N6O4S. The van der Waals surface area contributed by atoms with Crippen LogP contribution in [0.3, 0.4) is 0 Å². The average molecular weight is 559 g/mol. The van der Waals surface area contributed by atoms with Gasteiger partial charge in [-0.3, -0.25) is 9.59 Å². The number of likely N-dealkylation sites (tertiary alicyclic amines) is 1. The highest BCUT2D eigenvalue weighted by atomic mass is 32.2. The second kappa shape index (κ2) is 11.8. The summed E-state index contributed by atoms with van der Waals surface area (Å²) in [6.45, 7) is 0.348. The minimum Gasteiger partial charge on any atom is -0.383 e. The lowest BCUT2D eigenvalue weighted by Crippen LogP contribution is -2.53. The van der Waals surface area contributed by atoms with Gasteiger partial charge in [0.2, 0.25) is 21.8 Å². The number of rotatable bonds is 9. The summed E-state index contributed by atoms with van der Waals surface area (Å²) in [5, 5.41) is 3.48. The van der Waals surface area contributed by atoms with Crippen molar-refractivity contribution in [2.75, 3.05) is 17.6 Å². The van der Waals surface area contributed by atoms with Crippen molar-refractivity contribution in [1.29, 1.82) is 0 Å². The highest BCUT2D eigenvalue weighted by molar-refractivity contribution is 7.88. The molecule has 2 heterocycles. The second-order valence-corrected chi connectivity index (χ2v) is 11.5. The number of benzene rings is 3. The Hall–Kier alpha value is -4.35. The minimum atomic E-state index is -3.86. The number of nitrogens with two attached hydrogens (primary N) is 1. The first-order chi connectivity index (χ1) is 19.3. The smallest absolute Gasteiger partial charge is 0.247 e. The van der Waals surface area contributed by atoms with Crippen molar-refractivity contribution >= 4 is 44.2 Å². The summed E-state index contributed by atoms with van der Waals surface area (Å²) in [6, 6.07) is 21.3. The molecule has 0 spiro atoms. The molecule has 1 aliphatic rings. The first-order valence-corrected chi connectivity index (χ1v) is 14.6. The number of nitrogens with one attached hydrogen (secondary N) is 2. The van der Waals surface area contributed by atoms with Gasteiger partial charge in [-0.15, -0.1) is 0 Å². The van der Waals surface area contributed by atoms with E-state index in [9.17, 15) is 18.0 Å². The van der Waals surface area contributed by atoms with E-state index in [0.717, 1.165) is 5.56 Å². The molecule has 0 aliphatic carbocycles. The Morgan fingerprint density at radius 1 is 0.975 bits per heavy atom. The van der Waals surface area contributed by atoms with Crippen LogP contribution in [0, 0.1) is 0 Å². The highest BCUT2D eigenvalue weighted by Gasteiger charge is 2.38. The number of nitrogens with zero attached hydrogens (tertiary/aromatic N) is 3. The maximum atomic E-state index is 13.9. The number of fused-ring (bicyclic) bond motifs is 1. The molecule has 1 saturated heterocycles. The molecular weight excluding hydrogens is 528 g/mol. The Morgan fingerprint density at radius 3 is 2.40 bits per heavy atom. The number of carbonyl (C=O) groups excluding carboxylic acids is 2. The SMILES string of the molecule is Nc1ncnc2ccc(NC(=O)[C@@H]3CCCN3C(=O)[C@@H](Cc3ccccc3)NS(=O)(=O)Cc3ccccc3)cc12. The third-order valence-electron chi connectivity index (χ3n) is 6.87. The molecule has 5 rings (SSSR count). The summed E-state index contributed by atoms with van der Waals surface area (Å²) in [5.74, 6) is -0.753. The Kier molecular flexibility index (Phi) is 8.04. The molecule has 11 heteroatoms. The number of carbonyl (C=O) groups is 2. The molecule has 1 aromatic heterocycles. The van der Waals surface area contributed by atoms with Crippen LogP contribution >= 0.6 is 0 Å². The molecule has 206 valence electrons. The van der Waals surface area contributed by atoms with E-state index >= 15 is 0 Å². The zero-order valence-electron chi connectivity index (χ0n) is 21.7. The summed E-state index contributed by atoms with van der Waals surface area (Å²) < 4.78 is 28.9. The summed E-state index contributed by atoms with van der Waals surface area (Å²) in [5.41, 5.74) is 8.53. The van der Waals surface area contributed by atoms with Crippen LogP contribution in [0.15, 0.2) is 85.2 Å². The van der Waals surface area contributed by atoms with Gasteiger partial charge in [-0.1, -0.05) is 60.7 Å². The van der Waals surface area contributed by atoms with E-state index in [4.69, 9.17) is 5.73 Å². The number of nitrogen functional groups attached to an aromatic ring is 1. The Morgan fingerprint density at radius 2 is 1.68 bits per heavy atom. The molecule has 3 aromatic carbocycles. The van der Waals surface area contributed by atoms with Crippen LogP contribution in [0.2, 0.25) is 0 Å². The van der Waals surface area contributed by atoms with Crippen LogP contribution in [0.5, 0.6) is 0 Å². The lowest BCUT2D eigenvalue weighted by molar-refractivity contribution is -0.138. The first-order valence-electron chi connectivity index (χ1n) is 13.0. The molecule has 2 amide bonds. The van der Waals surface area contributed by atoms with Crippen molar-refractivity contribution < 1.29 is 18.0 Å². The zero-order chi connectivity index (χ0) is 28.1. The minimum absolute atomic E-state index is 0.155. The maximum absolute atomic E-state index is 13.9. The van der Waals surface area contributed by atoms with E-state index in [1.807, 2.05) is 36.4 Å². The Balaban J connectivity index is 1.35. The molecule has 4 aromatic rings. The van der Waals surface area contributed by atoms with E-state index < -0.39 is 28.0 Å². The van der Waals surface area contributed by atoms with Crippen molar-refractivity contribution in [3.05, 3.63) is 96.3 Å². The van der Waals surface area contributed by atoms with E-state index in [0.29, 0.717) is 47.4 Å². The fourth-order valence-electron chi connectivity index (χ4n) is 4.96. The number of hydrogen-bond donors (Lipinski definition) is 3. The van der Waals surface area contributed by atoms with Crippen LogP contribution in [0.4, 0.5) is 11.5 Å². The topological polar surface area (TPSA) is 147 Å². The van der Waals surface area contributed by atoms with Gasteiger partial charge in [0.05, 0.1) is 11.3 Å². The third-order valence-corrected chi connectivity index (χ3v) is 8.23. The largest absolute Gasteiger partial charge is 0.383 e. The van der Waals surface area contributed by atoms with Crippen LogP contribution in [0.1, 0.15) is 24.0 Å². The highest BCUT2D eigenvalue weighted by Crippen LogP contribution is 2.24. The van der Waals surface area contributed by atoms with Gasteiger partial charge in [0.1, 0.15) is 24.2 Å². The third kappa shape index (κ3) is 6.44. The monoisotopic (exact) mass is 558 g/mol. The van der Waals surface area contributed by atoms with E-state index in [-0.39, 0.29) is 18.1 Å². The molecule has 4 N–H and O–H groups in total. The van der Waals surface area contributed by atoms with Crippen molar-refractivity contribution in [2.45, 2.75) is 37.1 Å². The van der Waals surface area contributed by atoms with Gasteiger partial charge in [0, 0.05) is 17.6 Å². The predicted octanol–water partition coefficient (Wildman–Crippen LogP) is 2.87. The fraction of sp³-hybridized carbons (Fsp3) is 0.241.